The number of esters is 1. The molecule has 2 aromatic carbocycles. The van der Waals surface area contributed by atoms with E-state index in [4.69, 9.17) is 13.9 Å². The first kappa shape index (κ1) is 17.4. The van der Waals surface area contributed by atoms with E-state index in [1.807, 2.05) is 0 Å². The summed E-state index contributed by atoms with van der Waals surface area (Å²) in [7, 11) is 1.57. The van der Waals surface area contributed by atoms with Crippen LogP contribution in [0.1, 0.15) is 22.8 Å². The third-order valence-corrected chi connectivity index (χ3v) is 3.83. The standard InChI is InChI=1S/C20H16O6/c1-12(21)17-10-14-5-8-16(11-18(14)26-20(17)23)25-19(22)9-13-3-6-15(24-2)7-4-13/h3-8,10-11H,9H2,1-2H3. The third kappa shape index (κ3) is 3.80. The van der Waals surface area contributed by atoms with Gasteiger partial charge in [0.2, 0.25) is 0 Å². The van der Waals surface area contributed by atoms with Crippen LogP contribution in [-0.4, -0.2) is 18.9 Å². The van der Waals surface area contributed by atoms with Crippen LogP contribution in [0.3, 0.4) is 0 Å². The van der Waals surface area contributed by atoms with E-state index in [0.717, 1.165) is 5.56 Å². The highest BCUT2D eigenvalue weighted by Gasteiger charge is 2.12. The van der Waals surface area contributed by atoms with Crippen molar-refractivity contribution in [3.63, 3.8) is 0 Å². The summed E-state index contributed by atoms with van der Waals surface area (Å²) in [5, 5.41) is 0.574. The predicted molar refractivity (Wildman–Crippen MR) is 94.8 cm³/mol. The predicted octanol–water partition coefficient (Wildman–Crippen LogP) is 3.15. The molecule has 0 atom stereocenters. The highest BCUT2D eigenvalue weighted by atomic mass is 16.5. The number of Topliss-reactive ketones (excluding diaryl/α,β-unsaturated/α-hetero) is 1. The van der Waals surface area contributed by atoms with Gasteiger partial charge in [0.25, 0.3) is 0 Å². The molecule has 0 unspecified atom stereocenters. The Morgan fingerprint density at radius 1 is 1.00 bits per heavy atom. The molecule has 0 spiro atoms. The minimum atomic E-state index is -0.716. The summed E-state index contributed by atoms with van der Waals surface area (Å²) in [4.78, 5) is 35.3. The summed E-state index contributed by atoms with van der Waals surface area (Å²) < 4.78 is 15.5. The lowest BCUT2D eigenvalue weighted by Crippen LogP contribution is -2.12. The smallest absolute Gasteiger partial charge is 0.347 e. The number of ether oxygens (including phenoxy) is 2. The third-order valence-electron chi connectivity index (χ3n) is 3.83. The summed E-state index contributed by atoms with van der Waals surface area (Å²) in [6, 6.07) is 13.2. The highest BCUT2D eigenvalue weighted by Crippen LogP contribution is 2.21. The number of rotatable bonds is 5. The van der Waals surface area contributed by atoms with E-state index in [9.17, 15) is 14.4 Å². The first-order valence-corrected chi connectivity index (χ1v) is 7.89. The van der Waals surface area contributed by atoms with E-state index in [2.05, 4.69) is 0 Å². The molecule has 0 N–H and O–H groups in total. The lowest BCUT2D eigenvalue weighted by atomic mass is 10.1. The fourth-order valence-electron chi connectivity index (χ4n) is 2.48. The van der Waals surface area contributed by atoms with Crippen molar-refractivity contribution >= 4 is 22.7 Å². The summed E-state index contributed by atoms with van der Waals surface area (Å²) in [5.74, 6) is 0.152. The molecule has 132 valence electrons. The summed E-state index contributed by atoms with van der Waals surface area (Å²) >= 11 is 0. The zero-order valence-corrected chi connectivity index (χ0v) is 14.3. The molecule has 1 heterocycles. The van der Waals surface area contributed by atoms with Crippen molar-refractivity contribution in [2.45, 2.75) is 13.3 Å². The SMILES string of the molecule is COc1ccc(CC(=O)Oc2ccc3cc(C(C)=O)c(=O)oc3c2)cc1. The Labute approximate surface area is 149 Å². The van der Waals surface area contributed by atoms with Crippen molar-refractivity contribution in [1.82, 2.24) is 0 Å². The Morgan fingerprint density at radius 3 is 2.35 bits per heavy atom. The Balaban J connectivity index is 1.77. The summed E-state index contributed by atoms with van der Waals surface area (Å²) in [6.45, 7) is 1.30. The van der Waals surface area contributed by atoms with Crippen molar-refractivity contribution in [3.05, 3.63) is 70.1 Å². The molecule has 26 heavy (non-hydrogen) atoms. The van der Waals surface area contributed by atoms with Gasteiger partial charge in [0.15, 0.2) is 5.78 Å². The number of hydrogen-bond acceptors (Lipinski definition) is 6. The Bertz CT molecular complexity index is 1030. The zero-order chi connectivity index (χ0) is 18.7. The number of benzene rings is 2. The van der Waals surface area contributed by atoms with Crippen LogP contribution in [-0.2, 0) is 11.2 Å². The Hall–Kier alpha value is -3.41. The molecule has 1 aromatic heterocycles. The second kappa shape index (κ2) is 7.23. The highest BCUT2D eigenvalue weighted by molar-refractivity contribution is 5.96. The van der Waals surface area contributed by atoms with Crippen molar-refractivity contribution < 1.29 is 23.5 Å². The van der Waals surface area contributed by atoms with E-state index in [0.29, 0.717) is 11.1 Å². The molecule has 0 aliphatic heterocycles. The second-order valence-corrected chi connectivity index (χ2v) is 5.70. The Kier molecular flexibility index (Phi) is 4.84. The minimum Gasteiger partial charge on any atom is -0.497 e. The maximum Gasteiger partial charge on any atom is 0.347 e. The van der Waals surface area contributed by atoms with Gasteiger partial charge in [-0.3, -0.25) is 9.59 Å². The number of methoxy groups -OCH3 is 1. The Morgan fingerprint density at radius 2 is 1.69 bits per heavy atom. The van der Waals surface area contributed by atoms with E-state index >= 15 is 0 Å². The van der Waals surface area contributed by atoms with Gasteiger partial charge in [0.1, 0.15) is 22.6 Å². The number of ketones is 1. The maximum absolute atomic E-state index is 12.1. The minimum absolute atomic E-state index is 0.0123. The van der Waals surface area contributed by atoms with Gasteiger partial charge in [-0.25, -0.2) is 4.79 Å². The molecule has 0 amide bonds. The first-order chi connectivity index (χ1) is 12.5. The van der Waals surface area contributed by atoms with Crippen LogP contribution >= 0.6 is 0 Å². The first-order valence-electron chi connectivity index (χ1n) is 7.89. The van der Waals surface area contributed by atoms with Crippen LogP contribution in [0.2, 0.25) is 0 Å². The summed E-state index contributed by atoms with van der Waals surface area (Å²) in [6.07, 6.45) is 0.0925. The van der Waals surface area contributed by atoms with Gasteiger partial charge < -0.3 is 13.9 Å². The van der Waals surface area contributed by atoms with Crippen LogP contribution < -0.4 is 15.1 Å². The molecular formula is C20H16O6. The van der Waals surface area contributed by atoms with Gasteiger partial charge in [-0.1, -0.05) is 12.1 Å². The molecule has 0 bridgehead atoms. The van der Waals surface area contributed by atoms with Gasteiger partial charge in [0.05, 0.1) is 13.5 Å². The molecule has 6 nitrogen and oxygen atoms in total. The van der Waals surface area contributed by atoms with E-state index in [-0.39, 0.29) is 29.1 Å². The monoisotopic (exact) mass is 352 g/mol. The van der Waals surface area contributed by atoms with Crippen LogP contribution in [0.15, 0.2) is 57.7 Å². The van der Waals surface area contributed by atoms with E-state index in [1.165, 1.54) is 19.1 Å². The topological polar surface area (TPSA) is 82.8 Å². The average molecular weight is 352 g/mol. The molecule has 0 fully saturated rings. The van der Waals surface area contributed by atoms with Gasteiger partial charge in [0, 0.05) is 11.5 Å². The molecule has 3 rings (SSSR count). The maximum atomic E-state index is 12.1. The second-order valence-electron chi connectivity index (χ2n) is 5.70. The normalized spacial score (nSPS) is 10.5. The fraction of sp³-hybridized carbons (Fsp3) is 0.150. The van der Waals surface area contributed by atoms with Gasteiger partial charge in [-0.05, 0) is 42.8 Å². The number of hydrogen-bond donors (Lipinski definition) is 0. The lowest BCUT2D eigenvalue weighted by molar-refractivity contribution is -0.133. The molecule has 0 radical (unpaired) electrons. The van der Waals surface area contributed by atoms with Crippen molar-refractivity contribution in [2.75, 3.05) is 7.11 Å². The van der Waals surface area contributed by atoms with Crippen LogP contribution in [0, 0.1) is 0 Å². The lowest BCUT2D eigenvalue weighted by Gasteiger charge is -2.06. The number of carbonyl (C=O) groups is 2. The molecule has 0 saturated heterocycles. The van der Waals surface area contributed by atoms with Crippen molar-refractivity contribution in [3.8, 4) is 11.5 Å². The number of carbonyl (C=O) groups excluding carboxylic acids is 2. The fourth-order valence-corrected chi connectivity index (χ4v) is 2.48. The van der Waals surface area contributed by atoms with E-state index < -0.39 is 11.6 Å². The van der Waals surface area contributed by atoms with Gasteiger partial charge in [-0.2, -0.15) is 0 Å². The van der Waals surface area contributed by atoms with Gasteiger partial charge >= 0.3 is 11.6 Å². The number of fused-ring (bicyclic) bond motifs is 1. The van der Waals surface area contributed by atoms with Crippen LogP contribution in [0.25, 0.3) is 11.0 Å². The molecule has 0 saturated carbocycles. The molecular weight excluding hydrogens is 336 g/mol. The molecule has 0 aliphatic rings. The van der Waals surface area contributed by atoms with Crippen LogP contribution in [0.5, 0.6) is 11.5 Å². The van der Waals surface area contributed by atoms with Crippen molar-refractivity contribution in [2.24, 2.45) is 0 Å². The quantitative estimate of drug-likeness (QED) is 0.304. The van der Waals surface area contributed by atoms with Crippen molar-refractivity contribution in [1.29, 1.82) is 0 Å². The molecule has 3 aromatic rings. The van der Waals surface area contributed by atoms with Gasteiger partial charge in [-0.15, -0.1) is 0 Å². The molecule has 0 aliphatic carbocycles. The molecule has 6 heteroatoms. The van der Waals surface area contributed by atoms with E-state index in [1.54, 1.807) is 43.5 Å². The van der Waals surface area contributed by atoms with Crippen LogP contribution in [0.4, 0.5) is 0 Å². The zero-order valence-electron chi connectivity index (χ0n) is 14.3. The summed E-state index contributed by atoms with van der Waals surface area (Å²) in [5.41, 5.74) is 0.303. The largest absolute Gasteiger partial charge is 0.497 e. The average Bonchev–Trinajstić information content (AvgIpc) is 2.61.